The topological polar surface area (TPSA) is 155 Å². The number of hydrogen-bond acceptors (Lipinski definition) is 10. The van der Waals surface area contributed by atoms with E-state index in [4.69, 9.17) is 23.3 Å². The van der Waals surface area contributed by atoms with Crippen molar-refractivity contribution >= 4 is 25.7 Å². The number of allylic oxidation sites excluding steroid dienone is 13. The number of hydrogen-bond donors (Lipinski definition) is 2. The van der Waals surface area contributed by atoms with Crippen LogP contribution < -0.4 is 0 Å². The van der Waals surface area contributed by atoms with Crippen LogP contribution in [0.2, 0.25) is 0 Å². The number of aliphatic hydroxyl groups excluding tert-OH is 1. The minimum atomic E-state index is -4.77. The number of phosphoric ester groups is 1. The largest absolute Gasteiger partial charge is 0.472 e. The molecule has 0 aromatic heterocycles. The van der Waals surface area contributed by atoms with Gasteiger partial charge in [0.05, 0.1) is 26.2 Å². The summed E-state index contributed by atoms with van der Waals surface area (Å²) >= 11 is 0. The molecular formula is C60H103O11P. The number of rotatable bonds is 52. The Balaban J connectivity index is 4.82. The highest BCUT2D eigenvalue weighted by Gasteiger charge is 2.28. The molecule has 0 heterocycles. The van der Waals surface area contributed by atoms with Crippen LogP contribution in [0.25, 0.3) is 0 Å². The molecule has 0 aliphatic heterocycles. The Morgan fingerprint density at radius 2 is 0.764 bits per heavy atom. The molecule has 3 unspecified atom stereocenters. The fourth-order valence-electron chi connectivity index (χ4n) is 7.52. The summed E-state index contributed by atoms with van der Waals surface area (Å²) in [5.74, 6) is -1.63. The first-order chi connectivity index (χ1) is 35.2. The molecule has 0 radical (unpaired) electrons. The zero-order chi connectivity index (χ0) is 52.7. The second kappa shape index (κ2) is 53.9. The molecule has 0 rings (SSSR count). The van der Waals surface area contributed by atoms with E-state index < -0.39 is 64.4 Å². The number of phosphoric acid groups is 1. The maximum absolute atomic E-state index is 12.9. The van der Waals surface area contributed by atoms with Gasteiger partial charge in [-0.15, -0.1) is 0 Å². The van der Waals surface area contributed by atoms with E-state index in [1.165, 1.54) is 89.9 Å². The van der Waals surface area contributed by atoms with Gasteiger partial charge in [-0.2, -0.15) is 0 Å². The molecule has 11 nitrogen and oxygen atoms in total. The van der Waals surface area contributed by atoms with Crippen molar-refractivity contribution in [3.05, 3.63) is 85.1 Å². The SMILES string of the molecule is CC/C=C\C/C=C\C/C=C\C/C=C\C/C=C\CC(=O)OCC(COP(=O)(O)OCC(CO)OC(=O)CCCCCCCCCCCCCCCCC)OC(=O)CCCCCCC/C=C\C/C=C\CCCCC. The summed E-state index contributed by atoms with van der Waals surface area (Å²) in [6.07, 6.45) is 61.4. The highest BCUT2D eigenvalue weighted by molar-refractivity contribution is 7.47. The van der Waals surface area contributed by atoms with Crippen LogP contribution in [-0.4, -0.2) is 66.5 Å². The second-order valence-electron chi connectivity index (χ2n) is 18.7. The third-order valence-electron chi connectivity index (χ3n) is 11.8. The number of esters is 3. The van der Waals surface area contributed by atoms with Crippen LogP contribution in [0.15, 0.2) is 85.1 Å². The van der Waals surface area contributed by atoms with Crippen molar-refractivity contribution < 1.29 is 52.2 Å². The van der Waals surface area contributed by atoms with Crippen LogP contribution in [0, 0.1) is 0 Å². The molecule has 2 N–H and O–H groups in total. The highest BCUT2D eigenvalue weighted by Crippen LogP contribution is 2.43. The third-order valence-corrected chi connectivity index (χ3v) is 12.8. The summed E-state index contributed by atoms with van der Waals surface area (Å²) in [7, 11) is -4.77. The van der Waals surface area contributed by atoms with Crippen molar-refractivity contribution in [1.29, 1.82) is 0 Å². The number of carbonyl (C=O) groups excluding carboxylic acids is 3. The Hall–Kier alpha value is -3.34. The molecule has 0 fully saturated rings. The van der Waals surface area contributed by atoms with Crippen LogP contribution in [0.1, 0.15) is 239 Å². The normalized spacial score (nSPS) is 14.0. The van der Waals surface area contributed by atoms with Crippen molar-refractivity contribution in [2.24, 2.45) is 0 Å². The summed E-state index contributed by atoms with van der Waals surface area (Å²) < 4.78 is 39.4. The van der Waals surface area contributed by atoms with E-state index in [0.29, 0.717) is 19.3 Å². The fraction of sp³-hybridized carbons (Fsp3) is 0.717. The molecule has 414 valence electrons. The van der Waals surface area contributed by atoms with E-state index in [1.807, 2.05) is 12.2 Å². The molecule has 3 atom stereocenters. The van der Waals surface area contributed by atoms with Gasteiger partial charge in [0.1, 0.15) is 12.7 Å². The molecule has 0 amide bonds. The molecule has 0 saturated carbocycles. The van der Waals surface area contributed by atoms with Crippen LogP contribution in [0.3, 0.4) is 0 Å². The Morgan fingerprint density at radius 1 is 0.417 bits per heavy atom. The minimum Gasteiger partial charge on any atom is -0.461 e. The Kier molecular flexibility index (Phi) is 51.4. The maximum atomic E-state index is 12.9. The van der Waals surface area contributed by atoms with E-state index in [2.05, 4.69) is 87.6 Å². The molecule has 0 spiro atoms. The molecule has 0 saturated heterocycles. The quantitative estimate of drug-likeness (QED) is 0.0197. The van der Waals surface area contributed by atoms with Crippen molar-refractivity contribution in [3.63, 3.8) is 0 Å². The lowest BCUT2D eigenvalue weighted by Crippen LogP contribution is -2.30. The average Bonchev–Trinajstić information content (AvgIpc) is 3.37. The Morgan fingerprint density at radius 3 is 1.21 bits per heavy atom. The first-order valence-corrected chi connectivity index (χ1v) is 30.0. The Labute approximate surface area is 439 Å². The standard InChI is InChI=1S/C60H103O11P/c1-4-7-10-13-16-19-22-25-28-31-34-37-40-43-46-49-58(62)67-53-57(71-60(64)51-48-45-42-39-36-33-30-27-24-21-18-15-12-9-6-3)55-69-72(65,66)68-54-56(52-61)70-59(63)50-47-44-41-38-35-32-29-26-23-20-17-14-11-8-5-2/h7,10,16,18-19,21,25,27-28,30,34,37,43,46,56-57,61H,4-6,8-9,11-15,17,20,22-24,26,29,31-33,35-36,38-42,44-45,47-55H2,1-3H3,(H,65,66)/b10-7-,19-16-,21-18-,28-25-,30-27-,37-34-,46-43-. The van der Waals surface area contributed by atoms with Gasteiger partial charge in [-0.1, -0.05) is 228 Å². The third kappa shape index (κ3) is 51.6. The molecule has 0 aliphatic carbocycles. The highest BCUT2D eigenvalue weighted by atomic mass is 31.2. The fourth-order valence-corrected chi connectivity index (χ4v) is 8.30. The second-order valence-corrected chi connectivity index (χ2v) is 20.2. The Bertz CT molecular complexity index is 1530. The van der Waals surface area contributed by atoms with Gasteiger partial charge in [0.25, 0.3) is 0 Å². The summed E-state index contributed by atoms with van der Waals surface area (Å²) in [6.45, 7) is 4.39. The van der Waals surface area contributed by atoms with Gasteiger partial charge in [-0.05, 0) is 77.0 Å². The van der Waals surface area contributed by atoms with Crippen LogP contribution >= 0.6 is 7.82 Å². The van der Waals surface area contributed by atoms with Gasteiger partial charge in [0.2, 0.25) is 0 Å². The number of ether oxygens (including phenoxy) is 3. The number of unbranched alkanes of at least 4 members (excludes halogenated alkanes) is 22. The first kappa shape index (κ1) is 68.7. The molecule has 0 aliphatic rings. The summed E-state index contributed by atoms with van der Waals surface area (Å²) in [5.41, 5.74) is 0. The van der Waals surface area contributed by atoms with Crippen molar-refractivity contribution in [2.45, 2.75) is 251 Å². The lowest BCUT2D eigenvalue weighted by Gasteiger charge is -2.21. The molecule has 12 heteroatoms. The summed E-state index contributed by atoms with van der Waals surface area (Å²) in [6, 6.07) is 0. The lowest BCUT2D eigenvalue weighted by molar-refractivity contribution is -0.161. The van der Waals surface area contributed by atoms with Crippen molar-refractivity contribution in [2.75, 3.05) is 26.4 Å². The predicted octanol–water partition coefficient (Wildman–Crippen LogP) is 16.7. The van der Waals surface area contributed by atoms with E-state index in [0.717, 1.165) is 89.9 Å². The van der Waals surface area contributed by atoms with Crippen LogP contribution in [0.5, 0.6) is 0 Å². The van der Waals surface area contributed by atoms with Gasteiger partial charge in [-0.25, -0.2) is 4.57 Å². The average molecular weight is 1030 g/mol. The zero-order valence-electron chi connectivity index (χ0n) is 45.6. The monoisotopic (exact) mass is 1030 g/mol. The van der Waals surface area contributed by atoms with E-state index in [-0.39, 0.29) is 19.3 Å². The maximum Gasteiger partial charge on any atom is 0.472 e. The van der Waals surface area contributed by atoms with Gasteiger partial charge in [-0.3, -0.25) is 23.4 Å². The van der Waals surface area contributed by atoms with Crippen LogP contribution in [-0.2, 0) is 42.2 Å². The predicted molar refractivity (Wildman–Crippen MR) is 298 cm³/mol. The number of aliphatic hydroxyl groups is 1. The van der Waals surface area contributed by atoms with E-state index in [1.54, 1.807) is 6.08 Å². The summed E-state index contributed by atoms with van der Waals surface area (Å²) in [4.78, 5) is 48.4. The van der Waals surface area contributed by atoms with Gasteiger partial charge in [0.15, 0.2) is 6.10 Å². The van der Waals surface area contributed by atoms with Crippen molar-refractivity contribution in [3.8, 4) is 0 Å². The lowest BCUT2D eigenvalue weighted by atomic mass is 10.0. The molecule has 0 bridgehead atoms. The zero-order valence-corrected chi connectivity index (χ0v) is 46.5. The van der Waals surface area contributed by atoms with E-state index in [9.17, 15) is 28.9 Å². The molecule has 0 aromatic rings. The van der Waals surface area contributed by atoms with Crippen molar-refractivity contribution in [1.82, 2.24) is 0 Å². The number of carbonyl (C=O) groups is 3. The van der Waals surface area contributed by atoms with Gasteiger partial charge >= 0.3 is 25.7 Å². The van der Waals surface area contributed by atoms with Gasteiger partial charge < -0.3 is 24.2 Å². The van der Waals surface area contributed by atoms with Crippen LogP contribution in [0.4, 0.5) is 0 Å². The molecule has 72 heavy (non-hydrogen) atoms. The van der Waals surface area contributed by atoms with Gasteiger partial charge in [0, 0.05) is 12.8 Å². The molecular weight excluding hydrogens is 928 g/mol. The summed E-state index contributed by atoms with van der Waals surface area (Å²) in [5, 5.41) is 9.81. The smallest absolute Gasteiger partial charge is 0.461 e. The van der Waals surface area contributed by atoms with E-state index >= 15 is 0 Å². The molecule has 0 aromatic carbocycles. The first-order valence-electron chi connectivity index (χ1n) is 28.5. The minimum absolute atomic E-state index is 0.0106.